The van der Waals surface area contributed by atoms with Gasteiger partial charge in [0.25, 0.3) is 0 Å². The van der Waals surface area contributed by atoms with Crippen LogP contribution in [0.25, 0.3) is 0 Å². The van der Waals surface area contributed by atoms with E-state index < -0.39 is 10.0 Å². The fraction of sp³-hybridized carbons (Fsp3) is 0.500. The van der Waals surface area contributed by atoms with Crippen molar-refractivity contribution in [3.8, 4) is 6.07 Å². The molecule has 102 valence electrons. The number of sulfonamides is 1. The fourth-order valence-corrected chi connectivity index (χ4v) is 3.31. The molecule has 0 amide bonds. The normalized spacial score (nSPS) is 15.7. The largest absolute Gasteiger partial charge is 0.215 e. The van der Waals surface area contributed by atoms with Crippen LogP contribution in [0.4, 0.5) is 0 Å². The van der Waals surface area contributed by atoms with Crippen LogP contribution in [0.1, 0.15) is 36.8 Å². The van der Waals surface area contributed by atoms with Crippen LogP contribution in [-0.2, 0) is 15.8 Å². The Labute approximate surface area is 114 Å². The van der Waals surface area contributed by atoms with Crippen molar-refractivity contribution in [2.45, 2.75) is 31.4 Å². The lowest BCUT2D eigenvalue weighted by molar-refractivity contribution is 0.297. The van der Waals surface area contributed by atoms with E-state index >= 15 is 0 Å². The van der Waals surface area contributed by atoms with Crippen molar-refractivity contribution in [2.24, 2.45) is 5.92 Å². The van der Waals surface area contributed by atoms with E-state index in [0.717, 1.165) is 6.42 Å². The van der Waals surface area contributed by atoms with Gasteiger partial charge in [-0.3, -0.25) is 0 Å². The second-order valence-electron chi connectivity index (χ2n) is 5.05. The van der Waals surface area contributed by atoms with Gasteiger partial charge in [0.1, 0.15) is 0 Å². The standard InChI is InChI=1S/C14H18N2O2S/c15-10-13-4-6-14(7-5-13)11-19(17,18)16-9-8-12-2-1-3-12/h4-7,12,16H,1-3,8-9,11H2. The highest BCUT2D eigenvalue weighted by atomic mass is 32.2. The van der Waals surface area contributed by atoms with Gasteiger partial charge in [-0.2, -0.15) is 5.26 Å². The van der Waals surface area contributed by atoms with Crippen LogP contribution in [0.15, 0.2) is 24.3 Å². The third-order valence-corrected chi connectivity index (χ3v) is 4.90. The summed E-state index contributed by atoms with van der Waals surface area (Å²) in [6.45, 7) is 0.531. The minimum absolute atomic E-state index is 0.0244. The number of hydrogen-bond acceptors (Lipinski definition) is 3. The number of nitriles is 1. The summed E-state index contributed by atoms with van der Waals surface area (Å²) in [5.74, 6) is 0.682. The summed E-state index contributed by atoms with van der Waals surface area (Å²) in [6.07, 6.45) is 4.68. The quantitative estimate of drug-likeness (QED) is 0.867. The van der Waals surface area contributed by atoms with Crippen molar-refractivity contribution < 1.29 is 8.42 Å². The van der Waals surface area contributed by atoms with Crippen LogP contribution in [0.2, 0.25) is 0 Å². The van der Waals surface area contributed by atoms with E-state index in [1.54, 1.807) is 24.3 Å². The van der Waals surface area contributed by atoms with Gasteiger partial charge in [0.2, 0.25) is 10.0 Å². The molecule has 0 heterocycles. The molecule has 0 unspecified atom stereocenters. The summed E-state index contributed by atoms with van der Waals surface area (Å²) in [5, 5.41) is 8.68. The Morgan fingerprint density at radius 2 is 1.95 bits per heavy atom. The van der Waals surface area contributed by atoms with E-state index in [4.69, 9.17) is 5.26 Å². The van der Waals surface area contributed by atoms with Crippen molar-refractivity contribution in [2.75, 3.05) is 6.54 Å². The number of rotatable bonds is 6. The van der Waals surface area contributed by atoms with Gasteiger partial charge in [0.15, 0.2) is 0 Å². The van der Waals surface area contributed by atoms with Gasteiger partial charge >= 0.3 is 0 Å². The van der Waals surface area contributed by atoms with E-state index in [0.29, 0.717) is 23.6 Å². The van der Waals surface area contributed by atoms with E-state index in [1.807, 2.05) is 6.07 Å². The molecule has 0 radical (unpaired) electrons. The van der Waals surface area contributed by atoms with Gasteiger partial charge < -0.3 is 0 Å². The van der Waals surface area contributed by atoms with Crippen LogP contribution in [-0.4, -0.2) is 15.0 Å². The molecule has 1 aliphatic carbocycles. The molecule has 0 aromatic heterocycles. The summed E-state index contributed by atoms with van der Waals surface area (Å²) in [7, 11) is -3.27. The number of benzene rings is 1. The topological polar surface area (TPSA) is 70.0 Å². The predicted octanol–water partition coefficient (Wildman–Crippen LogP) is 2.17. The molecule has 1 aromatic carbocycles. The van der Waals surface area contributed by atoms with Crippen molar-refractivity contribution >= 4 is 10.0 Å². The number of hydrogen-bond donors (Lipinski definition) is 1. The Balaban J connectivity index is 1.83. The van der Waals surface area contributed by atoms with E-state index in [9.17, 15) is 8.42 Å². The third-order valence-electron chi connectivity index (χ3n) is 3.54. The maximum atomic E-state index is 11.9. The minimum Gasteiger partial charge on any atom is -0.215 e. The van der Waals surface area contributed by atoms with Crippen LogP contribution < -0.4 is 4.72 Å². The molecule has 2 rings (SSSR count). The molecule has 1 saturated carbocycles. The molecular formula is C14H18N2O2S. The first-order valence-corrected chi connectivity index (χ1v) is 8.21. The molecule has 0 spiro atoms. The fourth-order valence-electron chi connectivity index (χ4n) is 2.15. The lowest BCUT2D eigenvalue weighted by Crippen LogP contribution is -2.28. The summed E-state index contributed by atoms with van der Waals surface area (Å²) in [5.41, 5.74) is 1.24. The lowest BCUT2D eigenvalue weighted by Gasteiger charge is -2.25. The first kappa shape index (κ1) is 14.0. The average Bonchev–Trinajstić information content (AvgIpc) is 2.33. The summed E-state index contributed by atoms with van der Waals surface area (Å²) < 4.78 is 26.4. The van der Waals surface area contributed by atoms with Gasteiger partial charge in [-0.1, -0.05) is 31.4 Å². The zero-order chi connectivity index (χ0) is 13.7. The molecule has 1 aromatic rings. The van der Waals surface area contributed by atoms with Crippen LogP contribution >= 0.6 is 0 Å². The second kappa shape index (κ2) is 6.18. The lowest BCUT2D eigenvalue weighted by atomic mass is 9.83. The molecule has 5 heteroatoms. The van der Waals surface area contributed by atoms with Crippen LogP contribution in [0, 0.1) is 17.2 Å². The second-order valence-corrected chi connectivity index (χ2v) is 6.85. The zero-order valence-electron chi connectivity index (χ0n) is 10.8. The molecule has 0 bridgehead atoms. The monoisotopic (exact) mass is 278 g/mol. The van der Waals surface area contributed by atoms with E-state index in [-0.39, 0.29) is 5.75 Å². The number of nitrogens with zero attached hydrogens (tertiary/aromatic N) is 1. The zero-order valence-corrected chi connectivity index (χ0v) is 11.6. The SMILES string of the molecule is N#Cc1ccc(CS(=O)(=O)NCCC2CCC2)cc1. The first-order chi connectivity index (χ1) is 9.09. The van der Waals surface area contributed by atoms with Crippen molar-refractivity contribution in [3.63, 3.8) is 0 Å². The Hall–Kier alpha value is -1.38. The molecular weight excluding hydrogens is 260 g/mol. The van der Waals surface area contributed by atoms with Crippen molar-refractivity contribution in [1.82, 2.24) is 4.72 Å². The Kier molecular flexibility index (Phi) is 4.56. The molecule has 1 N–H and O–H groups in total. The molecule has 4 nitrogen and oxygen atoms in total. The summed E-state index contributed by atoms with van der Waals surface area (Å²) >= 11 is 0. The van der Waals surface area contributed by atoms with Crippen molar-refractivity contribution in [3.05, 3.63) is 35.4 Å². The Morgan fingerprint density at radius 3 is 2.47 bits per heavy atom. The molecule has 0 saturated heterocycles. The highest BCUT2D eigenvalue weighted by Crippen LogP contribution is 2.28. The highest BCUT2D eigenvalue weighted by Gasteiger charge is 2.18. The maximum absolute atomic E-state index is 11.9. The molecule has 0 aliphatic heterocycles. The third kappa shape index (κ3) is 4.34. The Bertz CT molecular complexity index is 554. The van der Waals surface area contributed by atoms with E-state index in [1.165, 1.54) is 19.3 Å². The van der Waals surface area contributed by atoms with Crippen molar-refractivity contribution in [1.29, 1.82) is 5.26 Å². The van der Waals surface area contributed by atoms with Gasteiger partial charge in [-0.15, -0.1) is 0 Å². The molecule has 1 fully saturated rings. The summed E-state index contributed by atoms with van der Waals surface area (Å²) in [4.78, 5) is 0. The van der Waals surface area contributed by atoms with Crippen LogP contribution in [0.5, 0.6) is 0 Å². The van der Waals surface area contributed by atoms with Gasteiger partial charge in [0, 0.05) is 6.54 Å². The first-order valence-electron chi connectivity index (χ1n) is 6.55. The molecule has 0 atom stereocenters. The van der Waals surface area contributed by atoms with Gasteiger partial charge in [0.05, 0.1) is 17.4 Å². The van der Waals surface area contributed by atoms with Crippen LogP contribution in [0.3, 0.4) is 0 Å². The Morgan fingerprint density at radius 1 is 1.26 bits per heavy atom. The maximum Gasteiger partial charge on any atom is 0.215 e. The average molecular weight is 278 g/mol. The highest BCUT2D eigenvalue weighted by molar-refractivity contribution is 7.88. The summed E-state index contributed by atoms with van der Waals surface area (Å²) in [6, 6.07) is 8.66. The van der Waals surface area contributed by atoms with E-state index in [2.05, 4.69) is 4.72 Å². The number of nitrogens with one attached hydrogen (secondary N) is 1. The smallest absolute Gasteiger partial charge is 0.215 e. The molecule has 1 aliphatic rings. The van der Waals surface area contributed by atoms with Gasteiger partial charge in [-0.05, 0) is 30.0 Å². The van der Waals surface area contributed by atoms with Gasteiger partial charge in [-0.25, -0.2) is 13.1 Å². The predicted molar refractivity (Wildman–Crippen MR) is 73.7 cm³/mol. The minimum atomic E-state index is -3.27. The molecule has 19 heavy (non-hydrogen) atoms.